The fourth-order valence-corrected chi connectivity index (χ4v) is 6.86. The highest BCUT2D eigenvalue weighted by atomic mass is 35.5. The monoisotopic (exact) mass is 679 g/mol. The number of benzene rings is 4. The van der Waals surface area contributed by atoms with E-state index in [1.165, 1.54) is 35.2 Å². The SMILES string of the molecule is CC(C)NC(=O)C(Cc1ccccc1)N(Cc1cccc(Cl)c1)C(=O)CN(c1ccc(F)cc1)S(=O)(=O)c1ccc2c(c1)OCCO2. The van der Waals surface area contributed by atoms with Crippen LogP contribution in [0.15, 0.2) is 102 Å². The second-order valence-electron chi connectivity index (χ2n) is 11.3. The van der Waals surface area contributed by atoms with E-state index in [1.54, 1.807) is 24.3 Å². The fraction of sp³-hybridized carbons (Fsp3) is 0.257. The van der Waals surface area contributed by atoms with E-state index >= 15 is 0 Å². The normalized spacial score (nSPS) is 13.1. The Kier molecular flexibility index (Phi) is 10.7. The molecule has 1 N–H and O–H groups in total. The minimum Gasteiger partial charge on any atom is -0.486 e. The number of anilines is 1. The molecule has 2 amide bonds. The second-order valence-corrected chi connectivity index (χ2v) is 13.6. The number of hydrogen-bond donors (Lipinski definition) is 1. The van der Waals surface area contributed by atoms with Crippen molar-refractivity contribution in [2.24, 2.45) is 0 Å². The lowest BCUT2D eigenvalue weighted by atomic mass is 10.0. The van der Waals surface area contributed by atoms with Crippen molar-refractivity contribution in [1.82, 2.24) is 10.2 Å². The number of sulfonamides is 1. The summed E-state index contributed by atoms with van der Waals surface area (Å²) in [5.41, 5.74) is 1.51. The molecule has 0 aliphatic carbocycles. The number of ether oxygens (including phenoxy) is 2. The quantitative estimate of drug-likeness (QED) is 0.209. The van der Waals surface area contributed by atoms with Gasteiger partial charge in [-0.2, -0.15) is 0 Å². The first-order chi connectivity index (χ1) is 22.5. The molecule has 0 spiro atoms. The van der Waals surface area contributed by atoms with Gasteiger partial charge in [-0.15, -0.1) is 0 Å². The topological polar surface area (TPSA) is 105 Å². The van der Waals surface area contributed by atoms with Crippen LogP contribution >= 0.6 is 11.6 Å². The lowest BCUT2D eigenvalue weighted by Crippen LogP contribution is -2.54. The molecule has 1 unspecified atom stereocenters. The zero-order chi connectivity index (χ0) is 33.6. The highest BCUT2D eigenvalue weighted by Gasteiger charge is 2.35. The first-order valence-corrected chi connectivity index (χ1v) is 16.9. The summed E-state index contributed by atoms with van der Waals surface area (Å²) in [6, 6.07) is 23.9. The van der Waals surface area contributed by atoms with Crippen LogP contribution in [0.25, 0.3) is 0 Å². The molecule has 0 radical (unpaired) electrons. The van der Waals surface area contributed by atoms with Gasteiger partial charge in [0, 0.05) is 30.1 Å². The van der Waals surface area contributed by atoms with Gasteiger partial charge in [0.2, 0.25) is 11.8 Å². The van der Waals surface area contributed by atoms with E-state index in [9.17, 15) is 22.4 Å². The van der Waals surface area contributed by atoms with E-state index in [0.717, 1.165) is 22.0 Å². The summed E-state index contributed by atoms with van der Waals surface area (Å²) < 4.78 is 54.6. The van der Waals surface area contributed by atoms with Crippen molar-refractivity contribution in [3.05, 3.63) is 119 Å². The maximum absolute atomic E-state index is 14.5. The Labute approximate surface area is 278 Å². The predicted octanol–water partition coefficient (Wildman–Crippen LogP) is 5.61. The molecule has 4 aromatic rings. The van der Waals surface area contributed by atoms with Crippen LogP contribution in [0.3, 0.4) is 0 Å². The van der Waals surface area contributed by atoms with E-state index in [-0.39, 0.29) is 41.9 Å². The molecule has 0 aromatic heterocycles. The highest BCUT2D eigenvalue weighted by molar-refractivity contribution is 7.92. The second kappa shape index (κ2) is 14.9. The van der Waals surface area contributed by atoms with Gasteiger partial charge in [0.05, 0.1) is 10.6 Å². The van der Waals surface area contributed by atoms with Crippen LogP contribution in [0.1, 0.15) is 25.0 Å². The molecule has 0 bridgehead atoms. The summed E-state index contributed by atoms with van der Waals surface area (Å²) in [6.07, 6.45) is 0.164. The number of rotatable bonds is 12. The third-order valence-electron chi connectivity index (χ3n) is 7.44. The van der Waals surface area contributed by atoms with Gasteiger partial charge in [-0.3, -0.25) is 13.9 Å². The Balaban J connectivity index is 1.57. The maximum atomic E-state index is 14.5. The van der Waals surface area contributed by atoms with Crippen LogP contribution in [0.5, 0.6) is 11.5 Å². The van der Waals surface area contributed by atoms with Crippen molar-refractivity contribution >= 4 is 39.1 Å². The Bertz CT molecular complexity index is 1820. The third-order valence-corrected chi connectivity index (χ3v) is 9.44. The van der Waals surface area contributed by atoms with Crippen LogP contribution in [-0.4, -0.2) is 57.0 Å². The molecule has 1 heterocycles. The molecule has 1 aliphatic rings. The molecule has 47 heavy (non-hydrogen) atoms. The van der Waals surface area contributed by atoms with Gasteiger partial charge in [-0.25, -0.2) is 12.8 Å². The first-order valence-electron chi connectivity index (χ1n) is 15.1. The van der Waals surface area contributed by atoms with Crippen LogP contribution in [0.4, 0.5) is 10.1 Å². The molecule has 9 nitrogen and oxygen atoms in total. The van der Waals surface area contributed by atoms with Crippen molar-refractivity contribution < 1.29 is 31.9 Å². The number of halogens is 2. The molecule has 246 valence electrons. The zero-order valence-corrected chi connectivity index (χ0v) is 27.5. The summed E-state index contributed by atoms with van der Waals surface area (Å²) >= 11 is 6.28. The third kappa shape index (κ3) is 8.41. The lowest BCUT2D eigenvalue weighted by Gasteiger charge is -2.34. The Morgan fingerprint density at radius 2 is 1.55 bits per heavy atom. The largest absolute Gasteiger partial charge is 0.486 e. The molecule has 1 aliphatic heterocycles. The molecule has 1 atom stereocenters. The van der Waals surface area contributed by atoms with Crippen LogP contribution in [0.2, 0.25) is 5.02 Å². The molecular weight excluding hydrogens is 645 g/mol. The van der Waals surface area contributed by atoms with Gasteiger partial charge in [0.15, 0.2) is 11.5 Å². The van der Waals surface area contributed by atoms with Gasteiger partial charge in [-0.1, -0.05) is 54.1 Å². The standard InChI is InChI=1S/C35H35ClFN3O6S/c1-24(2)38-35(42)31(20-25-7-4-3-5-8-25)39(22-26-9-6-10-27(36)19-26)34(41)23-40(29-13-11-28(37)12-14-29)47(43,44)30-15-16-32-33(21-30)46-18-17-45-32/h3-16,19,21,24,31H,17-18,20,22-23H2,1-2H3,(H,38,42). The molecule has 0 saturated carbocycles. The maximum Gasteiger partial charge on any atom is 0.264 e. The average Bonchev–Trinajstić information content (AvgIpc) is 3.05. The van der Waals surface area contributed by atoms with Gasteiger partial charge >= 0.3 is 0 Å². The summed E-state index contributed by atoms with van der Waals surface area (Å²) in [4.78, 5) is 29.5. The number of amides is 2. The highest BCUT2D eigenvalue weighted by Crippen LogP contribution is 2.34. The number of nitrogens with zero attached hydrogens (tertiary/aromatic N) is 2. The average molecular weight is 680 g/mol. The molecule has 12 heteroatoms. The Morgan fingerprint density at radius 1 is 0.872 bits per heavy atom. The van der Waals surface area contributed by atoms with Crippen molar-refractivity contribution in [2.75, 3.05) is 24.1 Å². The number of carbonyl (C=O) groups is 2. The predicted molar refractivity (Wildman–Crippen MR) is 178 cm³/mol. The molecular formula is C35H35ClFN3O6S. The van der Waals surface area contributed by atoms with E-state index in [1.807, 2.05) is 44.2 Å². The number of nitrogens with one attached hydrogen (secondary N) is 1. The minimum absolute atomic E-state index is 0.0380. The molecule has 4 aromatic carbocycles. The van der Waals surface area contributed by atoms with Gasteiger partial charge in [0.1, 0.15) is 31.6 Å². The van der Waals surface area contributed by atoms with Crippen LogP contribution < -0.4 is 19.1 Å². The lowest BCUT2D eigenvalue weighted by molar-refractivity contribution is -0.140. The first kappa shape index (κ1) is 33.7. The smallest absolute Gasteiger partial charge is 0.264 e. The zero-order valence-electron chi connectivity index (χ0n) is 25.9. The summed E-state index contributed by atoms with van der Waals surface area (Å²) in [5.74, 6) is -0.990. The minimum atomic E-state index is -4.43. The summed E-state index contributed by atoms with van der Waals surface area (Å²) in [5, 5.41) is 3.35. The van der Waals surface area contributed by atoms with Crippen molar-refractivity contribution in [1.29, 1.82) is 0 Å². The Hall–Kier alpha value is -4.61. The van der Waals surface area contributed by atoms with Gasteiger partial charge in [-0.05, 0) is 73.5 Å². The molecule has 0 fully saturated rings. The van der Waals surface area contributed by atoms with E-state index in [2.05, 4.69) is 5.32 Å². The van der Waals surface area contributed by atoms with Gasteiger partial charge in [0.25, 0.3) is 10.0 Å². The van der Waals surface area contributed by atoms with E-state index < -0.39 is 40.2 Å². The molecule has 5 rings (SSSR count). The van der Waals surface area contributed by atoms with Crippen LogP contribution in [-0.2, 0) is 32.6 Å². The number of hydrogen-bond acceptors (Lipinski definition) is 6. The van der Waals surface area contributed by atoms with E-state index in [0.29, 0.717) is 22.9 Å². The summed E-state index contributed by atoms with van der Waals surface area (Å²) in [7, 11) is -4.43. The summed E-state index contributed by atoms with van der Waals surface area (Å²) in [6.45, 7) is 3.48. The number of fused-ring (bicyclic) bond motifs is 1. The van der Waals surface area contributed by atoms with Crippen molar-refractivity contribution in [2.45, 2.75) is 43.8 Å². The van der Waals surface area contributed by atoms with Crippen molar-refractivity contribution in [3.8, 4) is 11.5 Å². The fourth-order valence-electron chi connectivity index (χ4n) is 5.21. The molecule has 0 saturated heterocycles. The van der Waals surface area contributed by atoms with Crippen molar-refractivity contribution in [3.63, 3.8) is 0 Å². The Morgan fingerprint density at radius 3 is 2.23 bits per heavy atom. The van der Waals surface area contributed by atoms with E-state index in [4.69, 9.17) is 21.1 Å². The number of carbonyl (C=O) groups excluding carboxylic acids is 2. The van der Waals surface area contributed by atoms with Crippen LogP contribution in [0, 0.1) is 5.82 Å². The van der Waals surface area contributed by atoms with Gasteiger partial charge < -0.3 is 19.7 Å².